The Morgan fingerprint density at radius 2 is 2.33 bits per heavy atom. The van der Waals surface area contributed by atoms with Gasteiger partial charge in [-0.15, -0.1) is 0 Å². The first-order valence-electron chi connectivity index (χ1n) is 7.46. The Labute approximate surface area is 124 Å². The third-order valence-corrected chi connectivity index (χ3v) is 4.02. The van der Waals surface area contributed by atoms with Crippen LogP contribution in [0.5, 0.6) is 0 Å². The fraction of sp³-hybridized carbons (Fsp3) is 0.438. The van der Waals surface area contributed by atoms with Crippen LogP contribution in [0.1, 0.15) is 24.1 Å². The van der Waals surface area contributed by atoms with Crippen molar-refractivity contribution in [2.24, 2.45) is 5.92 Å². The normalized spacial score (nSPS) is 18.7. The molecule has 1 saturated heterocycles. The third kappa shape index (κ3) is 3.68. The number of H-pyrrole nitrogens is 1. The quantitative estimate of drug-likeness (QED) is 0.931. The maximum Gasteiger partial charge on any atom is 0.227 e. The molecule has 5 nitrogen and oxygen atoms in total. The zero-order chi connectivity index (χ0) is 14.5. The van der Waals surface area contributed by atoms with Crippen LogP contribution in [0.3, 0.4) is 0 Å². The minimum atomic E-state index is 0.206. The predicted molar refractivity (Wildman–Crippen MR) is 79.5 cm³/mol. The third-order valence-electron chi connectivity index (χ3n) is 4.02. The number of hydrogen-bond donors (Lipinski definition) is 1. The molecule has 1 amide bonds. The van der Waals surface area contributed by atoms with Crippen molar-refractivity contribution in [1.29, 1.82) is 0 Å². The van der Waals surface area contributed by atoms with Gasteiger partial charge in [0.15, 0.2) is 0 Å². The van der Waals surface area contributed by atoms with Gasteiger partial charge in [-0.2, -0.15) is 5.10 Å². The van der Waals surface area contributed by atoms with E-state index in [0.29, 0.717) is 12.3 Å². The van der Waals surface area contributed by atoms with Gasteiger partial charge >= 0.3 is 0 Å². The summed E-state index contributed by atoms with van der Waals surface area (Å²) >= 11 is 0. The lowest BCUT2D eigenvalue weighted by Crippen LogP contribution is -2.41. The molecule has 3 heterocycles. The first-order valence-corrected chi connectivity index (χ1v) is 7.46. The lowest BCUT2D eigenvalue weighted by molar-refractivity contribution is -0.132. The van der Waals surface area contributed by atoms with Gasteiger partial charge in [-0.1, -0.05) is 6.07 Å². The maximum absolute atomic E-state index is 12.4. The van der Waals surface area contributed by atoms with E-state index >= 15 is 0 Å². The van der Waals surface area contributed by atoms with E-state index in [1.165, 1.54) is 6.42 Å². The van der Waals surface area contributed by atoms with Crippen molar-refractivity contribution in [3.63, 3.8) is 0 Å². The summed E-state index contributed by atoms with van der Waals surface area (Å²) in [7, 11) is 0. The molecular weight excluding hydrogens is 264 g/mol. The number of likely N-dealkylation sites (tertiary alicyclic amines) is 1. The number of hydrogen-bond acceptors (Lipinski definition) is 3. The molecule has 3 rings (SSSR count). The van der Waals surface area contributed by atoms with Crippen LogP contribution in [0.15, 0.2) is 36.8 Å². The summed E-state index contributed by atoms with van der Waals surface area (Å²) in [6.45, 7) is 1.72. The highest BCUT2D eigenvalue weighted by molar-refractivity contribution is 5.78. The molecule has 1 aliphatic heterocycles. The van der Waals surface area contributed by atoms with Crippen LogP contribution in [0.4, 0.5) is 0 Å². The molecule has 0 saturated carbocycles. The Balaban J connectivity index is 1.56. The van der Waals surface area contributed by atoms with Crippen molar-refractivity contribution in [2.45, 2.75) is 25.7 Å². The molecule has 1 atom stereocenters. The molecule has 0 aliphatic carbocycles. The number of nitrogens with one attached hydrogen (secondary N) is 1. The van der Waals surface area contributed by atoms with E-state index in [2.05, 4.69) is 15.2 Å². The summed E-state index contributed by atoms with van der Waals surface area (Å²) in [4.78, 5) is 18.5. The number of amides is 1. The molecule has 2 aromatic heterocycles. The number of carbonyl (C=O) groups excluding carboxylic acids is 1. The molecule has 21 heavy (non-hydrogen) atoms. The van der Waals surface area contributed by atoms with Crippen molar-refractivity contribution in [2.75, 3.05) is 13.1 Å². The Morgan fingerprint density at radius 1 is 1.38 bits per heavy atom. The molecule has 1 fully saturated rings. The molecule has 0 aromatic carbocycles. The topological polar surface area (TPSA) is 61.9 Å². The van der Waals surface area contributed by atoms with Gasteiger partial charge in [0.1, 0.15) is 0 Å². The van der Waals surface area contributed by atoms with Gasteiger partial charge in [0.25, 0.3) is 0 Å². The second kappa shape index (κ2) is 6.52. The molecule has 0 radical (unpaired) electrons. The standard InChI is InChI=1S/C16H20N4O/c21-16(10-13-3-1-6-17-11-13)20-8-2-4-14(12-20)9-15-5-7-18-19-15/h1,3,5-7,11,14H,2,4,8-10,12H2,(H,18,19). The number of rotatable bonds is 4. The molecule has 0 spiro atoms. The van der Waals surface area contributed by atoms with Crippen LogP contribution in [0.25, 0.3) is 0 Å². The minimum Gasteiger partial charge on any atom is -0.342 e. The van der Waals surface area contributed by atoms with E-state index in [1.54, 1.807) is 18.6 Å². The predicted octanol–water partition coefficient (Wildman–Crippen LogP) is 1.83. The van der Waals surface area contributed by atoms with E-state index in [1.807, 2.05) is 23.1 Å². The van der Waals surface area contributed by atoms with Gasteiger partial charge in [0, 0.05) is 37.4 Å². The molecule has 2 aromatic rings. The van der Waals surface area contributed by atoms with Gasteiger partial charge in [0.05, 0.1) is 6.42 Å². The van der Waals surface area contributed by atoms with Crippen LogP contribution >= 0.6 is 0 Å². The van der Waals surface area contributed by atoms with Crippen LogP contribution in [-0.4, -0.2) is 39.1 Å². The highest BCUT2D eigenvalue weighted by atomic mass is 16.2. The first-order chi connectivity index (χ1) is 10.3. The molecule has 5 heteroatoms. The number of nitrogens with zero attached hydrogens (tertiary/aromatic N) is 3. The fourth-order valence-corrected chi connectivity index (χ4v) is 2.96. The summed E-state index contributed by atoms with van der Waals surface area (Å²) in [5.41, 5.74) is 2.14. The van der Waals surface area contributed by atoms with Crippen LogP contribution in [0, 0.1) is 5.92 Å². The number of aromatic nitrogens is 3. The molecule has 1 N–H and O–H groups in total. The average Bonchev–Trinajstić information content (AvgIpc) is 3.01. The Kier molecular flexibility index (Phi) is 4.28. The molecule has 0 bridgehead atoms. The highest BCUT2D eigenvalue weighted by Gasteiger charge is 2.24. The monoisotopic (exact) mass is 284 g/mol. The van der Waals surface area contributed by atoms with Crippen molar-refractivity contribution in [3.05, 3.63) is 48.0 Å². The highest BCUT2D eigenvalue weighted by Crippen LogP contribution is 2.20. The second-order valence-electron chi connectivity index (χ2n) is 5.67. The van der Waals surface area contributed by atoms with Gasteiger partial charge in [-0.3, -0.25) is 14.9 Å². The van der Waals surface area contributed by atoms with E-state index in [4.69, 9.17) is 0 Å². The van der Waals surface area contributed by atoms with Crippen LogP contribution in [-0.2, 0) is 17.6 Å². The zero-order valence-corrected chi connectivity index (χ0v) is 12.0. The lowest BCUT2D eigenvalue weighted by atomic mass is 9.93. The number of piperidine rings is 1. The fourth-order valence-electron chi connectivity index (χ4n) is 2.96. The van der Waals surface area contributed by atoms with E-state index in [9.17, 15) is 4.79 Å². The van der Waals surface area contributed by atoms with Gasteiger partial charge in [0.2, 0.25) is 5.91 Å². The summed E-state index contributed by atoms with van der Waals surface area (Å²) in [6, 6.07) is 5.84. The molecule has 110 valence electrons. The van der Waals surface area contributed by atoms with E-state index in [-0.39, 0.29) is 5.91 Å². The van der Waals surface area contributed by atoms with Crippen molar-refractivity contribution in [1.82, 2.24) is 20.1 Å². The van der Waals surface area contributed by atoms with Gasteiger partial charge in [-0.05, 0) is 42.9 Å². The summed E-state index contributed by atoms with van der Waals surface area (Å²) in [5, 5.41) is 6.99. The Bertz CT molecular complexity index is 567. The first kappa shape index (κ1) is 13.8. The Morgan fingerprint density at radius 3 is 3.10 bits per heavy atom. The van der Waals surface area contributed by atoms with Gasteiger partial charge < -0.3 is 4.90 Å². The largest absolute Gasteiger partial charge is 0.342 e. The maximum atomic E-state index is 12.4. The van der Waals surface area contributed by atoms with E-state index < -0.39 is 0 Å². The van der Waals surface area contributed by atoms with Gasteiger partial charge in [-0.25, -0.2) is 0 Å². The number of pyridine rings is 1. The van der Waals surface area contributed by atoms with Crippen molar-refractivity contribution < 1.29 is 4.79 Å². The average molecular weight is 284 g/mol. The Hall–Kier alpha value is -2.17. The molecule has 1 aliphatic rings. The SMILES string of the molecule is O=C(Cc1cccnc1)N1CCCC(Cc2ccn[nH]2)C1. The lowest BCUT2D eigenvalue weighted by Gasteiger charge is -2.32. The van der Waals surface area contributed by atoms with E-state index in [0.717, 1.165) is 37.2 Å². The minimum absolute atomic E-state index is 0.206. The molecule has 1 unspecified atom stereocenters. The smallest absolute Gasteiger partial charge is 0.227 e. The summed E-state index contributed by atoms with van der Waals surface area (Å²) in [6.07, 6.45) is 8.96. The summed E-state index contributed by atoms with van der Waals surface area (Å²) < 4.78 is 0. The number of aromatic amines is 1. The second-order valence-corrected chi connectivity index (χ2v) is 5.67. The summed E-state index contributed by atoms with van der Waals surface area (Å²) in [5.74, 6) is 0.731. The van der Waals surface area contributed by atoms with Crippen LogP contribution in [0.2, 0.25) is 0 Å². The van der Waals surface area contributed by atoms with Crippen molar-refractivity contribution in [3.8, 4) is 0 Å². The molecular formula is C16H20N4O. The zero-order valence-electron chi connectivity index (χ0n) is 12.0. The number of carbonyl (C=O) groups is 1. The van der Waals surface area contributed by atoms with Crippen molar-refractivity contribution >= 4 is 5.91 Å². The van der Waals surface area contributed by atoms with Crippen LogP contribution < -0.4 is 0 Å².